The summed E-state index contributed by atoms with van der Waals surface area (Å²) in [5.41, 5.74) is 6.60. The third-order valence-electron chi connectivity index (χ3n) is 2.40. The molecule has 1 amide bonds. The van der Waals surface area contributed by atoms with Crippen LogP contribution in [-0.4, -0.2) is 15.9 Å². The van der Waals surface area contributed by atoms with E-state index in [4.69, 9.17) is 18.0 Å². The van der Waals surface area contributed by atoms with Gasteiger partial charge in [0.15, 0.2) is 0 Å². The highest BCUT2D eigenvalue weighted by molar-refractivity contribution is 7.80. The van der Waals surface area contributed by atoms with Crippen molar-refractivity contribution in [2.45, 2.75) is 26.7 Å². The minimum atomic E-state index is -0.419. The lowest BCUT2D eigenvalue weighted by molar-refractivity contribution is -0.118. The van der Waals surface area contributed by atoms with Gasteiger partial charge in [-0.3, -0.25) is 4.79 Å². The van der Waals surface area contributed by atoms with Crippen LogP contribution >= 0.6 is 12.2 Å². The standard InChI is InChI=1S/C12H17N3OS/c1-3-4-9(11(13)17)12(16)15-10-7-8(2)5-6-14-10/h5-7,9H,3-4H2,1-2H3,(H2,13,17)(H,14,15,16). The van der Waals surface area contributed by atoms with Gasteiger partial charge in [-0.25, -0.2) is 4.98 Å². The fourth-order valence-corrected chi connectivity index (χ4v) is 1.73. The molecule has 0 aliphatic rings. The second-order valence-electron chi connectivity index (χ2n) is 3.95. The van der Waals surface area contributed by atoms with Crippen LogP contribution in [0.15, 0.2) is 18.3 Å². The first-order chi connectivity index (χ1) is 8.04. The molecule has 4 nitrogen and oxygen atoms in total. The van der Waals surface area contributed by atoms with E-state index in [9.17, 15) is 4.79 Å². The van der Waals surface area contributed by atoms with Crippen molar-refractivity contribution in [3.05, 3.63) is 23.9 Å². The second-order valence-corrected chi connectivity index (χ2v) is 4.42. The Labute approximate surface area is 107 Å². The van der Waals surface area contributed by atoms with Gasteiger partial charge in [-0.15, -0.1) is 0 Å². The maximum Gasteiger partial charge on any atom is 0.235 e. The first-order valence-electron chi connectivity index (χ1n) is 5.57. The summed E-state index contributed by atoms with van der Waals surface area (Å²) in [6.45, 7) is 3.93. The number of aryl methyl sites for hydroxylation is 1. The van der Waals surface area contributed by atoms with Crippen LogP contribution in [-0.2, 0) is 4.79 Å². The SMILES string of the molecule is CCCC(C(=O)Nc1cc(C)ccn1)C(N)=S. The monoisotopic (exact) mass is 251 g/mol. The molecule has 92 valence electrons. The van der Waals surface area contributed by atoms with E-state index in [-0.39, 0.29) is 10.9 Å². The number of carbonyl (C=O) groups excluding carboxylic acids is 1. The van der Waals surface area contributed by atoms with E-state index in [1.54, 1.807) is 12.3 Å². The molecular weight excluding hydrogens is 234 g/mol. The smallest absolute Gasteiger partial charge is 0.235 e. The van der Waals surface area contributed by atoms with Crippen molar-refractivity contribution in [1.29, 1.82) is 0 Å². The molecular formula is C12H17N3OS. The Morgan fingerprint density at radius 1 is 1.65 bits per heavy atom. The summed E-state index contributed by atoms with van der Waals surface area (Å²) in [6.07, 6.45) is 3.17. The maximum absolute atomic E-state index is 11.9. The molecule has 0 radical (unpaired) electrons. The molecule has 0 aromatic carbocycles. The lowest BCUT2D eigenvalue weighted by atomic mass is 10.0. The first kappa shape index (κ1) is 13.6. The van der Waals surface area contributed by atoms with Gasteiger partial charge in [0.1, 0.15) is 5.82 Å². The molecule has 17 heavy (non-hydrogen) atoms. The van der Waals surface area contributed by atoms with Crippen molar-refractivity contribution >= 4 is 28.9 Å². The summed E-state index contributed by atoms with van der Waals surface area (Å²) >= 11 is 4.90. The van der Waals surface area contributed by atoms with Crippen LogP contribution in [0.25, 0.3) is 0 Å². The summed E-state index contributed by atoms with van der Waals surface area (Å²) in [6, 6.07) is 3.67. The van der Waals surface area contributed by atoms with Crippen LogP contribution in [0.5, 0.6) is 0 Å². The molecule has 0 aliphatic carbocycles. The van der Waals surface area contributed by atoms with Gasteiger partial charge in [0, 0.05) is 6.20 Å². The quantitative estimate of drug-likeness (QED) is 0.786. The van der Waals surface area contributed by atoms with Gasteiger partial charge in [-0.2, -0.15) is 0 Å². The lowest BCUT2D eigenvalue weighted by Gasteiger charge is -2.14. The number of aromatic nitrogens is 1. The van der Waals surface area contributed by atoms with Crippen molar-refractivity contribution in [2.75, 3.05) is 5.32 Å². The second kappa shape index (κ2) is 6.30. The number of thiocarbonyl (C=S) groups is 1. The molecule has 1 heterocycles. The van der Waals surface area contributed by atoms with E-state index in [2.05, 4.69) is 10.3 Å². The Kier molecular flexibility index (Phi) is 5.03. The summed E-state index contributed by atoms with van der Waals surface area (Å²) in [5, 5.41) is 2.73. The van der Waals surface area contributed by atoms with Gasteiger partial charge in [0.05, 0.1) is 10.9 Å². The number of carbonyl (C=O) groups is 1. The molecule has 3 N–H and O–H groups in total. The van der Waals surface area contributed by atoms with E-state index in [1.165, 1.54) is 0 Å². The Balaban J connectivity index is 2.73. The van der Waals surface area contributed by atoms with Crippen LogP contribution in [0.2, 0.25) is 0 Å². The first-order valence-corrected chi connectivity index (χ1v) is 5.98. The molecule has 0 saturated heterocycles. The molecule has 1 unspecified atom stereocenters. The number of nitrogens with one attached hydrogen (secondary N) is 1. The topological polar surface area (TPSA) is 68.0 Å². The van der Waals surface area contributed by atoms with E-state index < -0.39 is 5.92 Å². The van der Waals surface area contributed by atoms with E-state index in [0.29, 0.717) is 12.2 Å². The molecule has 1 aromatic rings. The Bertz CT molecular complexity index is 420. The van der Waals surface area contributed by atoms with E-state index in [0.717, 1.165) is 12.0 Å². The number of hydrogen-bond acceptors (Lipinski definition) is 3. The highest BCUT2D eigenvalue weighted by atomic mass is 32.1. The number of rotatable bonds is 5. The zero-order valence-corrected chi connectivity index (χ0v) is 10.9. The van der Waals surface area contributed by atoms with Crippen molar-refractivity contribution in [3.8, 4) is 0 Å². The Morgan fingerprint density at radius 2 is 2.35 bits per heavy atom. The van der Waals surface area contributed by atoms with Crippen LogP contribution in [0.1, 0.15) is 25.3 Å². The minimum Gasteiger partial charge on any atom is -0.393 e. The van der Waals surface area contributed by atoms with E-state index >= 15 is 0 Å². The van der Waals surface area contributed by atoms with Gasteiger partial charge in [-0.1, -0.05) is 25.6 Å². The molecule has 5 heteroatoms. The number of nitrogens with two attached hydrogens (primary N) is 1. The largest absolute Gasteiger partial charge is 0.393 e. The molecule has 0 aliphatic heterocycles. The van der Waals surface area contributed by atoms with Gasteiger partial charge in [-0.05, 0) is 31.0 Å². The summed E-state index contributed by atoms with van der Waals surface area (Å²) in [4.78, 5) is 16.2. The third-order valence-corrected chi connectivity index (χ3v) is 2.69. The van der Waals surface area contributed by atoms with Gasteiger partial charge in [0.2, 0.25) is 5.91 Å². The van der Waals surface area contributed by atoms with E-state index in [1.807, 2.05) is 19.9 Å². The number of nitrogens with zero attached hydrogens (tertiary/aromatic N) is 1. The van der Waals surface area contributed by atoms with Crippen LogP contribution in [0.3, 0.4) is 0 Å². The summed E-state index contributed by atoms with van der Waals surface area (Å²) < 4.78 is 0. The molecule has 1 rings (SSSR count). The van der Waals surface area contributed by atoms with Crippen molar-refractivity contribution < 1.29 is 4.79 Å². The van der Waals surface area contributed by atoms with Crippen molar-refractivity contribution in [3.63, 3.8) is 0 Å². The number of amides is 1. The number of anilines is 1. The average molecular weight is 251 g/mol. The Morgan fingerprint density at radius 3 is 2.88 bits per heavy atom. The molecule has 0 fully saturated rings. The molecule has 0 bridgehead atoms. The van der Waals surface area contributed by atoms with Crippen LogP contribution < -0.4 is 11.1 Å². The highest BCUT2D eigenvalue weighted by Crippen LogP contribution is 2.12. The minimum absolute atomic E-state index is 0.183. The number of hydrogen-bond donors (Lipinski definition) is 2. The fourth-order valence-electron chi connectivity index (χ4n) is 1.51. The maximum atomic E-state index is 11.9. The molecule has 0 saturated carbocycles. The molecule has 1 atom stereocenters. The molecule has 1 aromatic heterocycles. The van der Waals surface area contributed by atoms with Gasteiger partial charge >= 0.3 is 0 Å². The van der Waals surface area contributed by atoms with Crippen LogP contribution in [0.4, 0.5) is 5.82 Å². The summed E-state index contributed by atoms with van der Waals surface area (Å²) in [5.74, 6) is -0.0675. The fraction of sp³-hybridized carbons (Fsp3) is 0.417. The van der Waals surface area contributed by atoms with Crippen molar-refractivity contribution in [2.24, 2.45) is 11.7 Å². The molecule has 0 spiro atoms. The average Bonchev–Trinajstić information content (AvgIpc) is 2.25. The van der Waals surface area contributed by atoms with Crippen molar-refractivity contribution in [1.82, 2.24) is 4.98 Å². The zero-order valence-electron chi connectivity index (χ0n) is 10.1. The summed E-state index contributed by atoms with van der Waals surface area (Å²) in [7, 11) is 0. The normalized spacial score (nSPS) is 11.9. The zero-order chi connectivity index (χ0) is 12.8. The Hall–Kier alpha value is -1.49. The predicted octanol–water partition coefficient (Wildman–Crippen LogP) is 2.03. The predicted molar refractivity (Wildman–Crippen MR) is 72.8 cm³/mol. The number of pyridine rings is 1. The van der Waals surface area contributed by atoms with Gasteiger partial charge < -0.3 is 11.1 Å². The lowest BCUT2D eigenvalue weighted by Crippen LogP contribution is -2.33. The van der Waals surface area contributed by atoms with Crippen LogP contribution in [0, 0.1) is 12.8 Å². The third kappa shape index (κ3) is 4.11. The highest BCUT2D eigenvalue weighted by Gasteiger charge is 2.20. The van der Waals surface area contributed by atoms with Gasteiger partial charge in [0.25, 0.3) is 0 Å².